The van der Waals surface area contributed by atoms with E-state index < -0.39 is 32.3 Å². The van der Waals surface area contributed by atoms with Gasteiger partial charge in [0.25, 0.3) is 0 Å². The van der Waals surface area contributed by atoms with Crippen molar-refractivity contribution in [3.8, 4) is 0 Å². The third kappa shape index (κ3) is 7.72. The average Bonchev–Trinajstić information content (AvgIpc) is 2.65. The number of carbonyl (C=O) groups is 3. The normalized spacial score (nSPS) is 22.6. The van der Waals surface area contributed by atoms with Gasteiger partial charge in [0.1, 0.15) is 6.61 Å². The lowest BCUT2D eigenvalue weighted by molar-refractivity contribution is -0.158. The van der Waals surface area contributed by atoms with Gasteiger partial charge < -0.3 is 18.6 Å². The highest BCUT2D eigenvalue weighted by atomic mass is 28.4. The Morgan fingerprint density at radius 3 is 1.77 bits per heavy atom. The first-order valence-electron chi connectivity index (χ1n) is 10.6. The summed E-state index contributed by atoms with van der Waals surface area (Å²) in [6, 6.07) is 0. The number of carbonyl (C=O) groups excluding carboxylic acids is 3. The molecule has 1 heterocycles. The summed E-state index contributed by atoms with van der Waals surface area (Å²) in [4.78, 5) is 36.4. The van der Waals surface area contributed by atoms with Crippen molar-refractivity contribution in [3.05, 3.63) is 24.3 Å². The van der Waals surface area contributed by atoms with Gasteiger partial charge >= 0.3 is 17.9 Å². The predicted octanol–water partition coefficient (Wildman–Crippen LogP) is 4.08. The monoisotopic (exact) mass is 440 g/mol. The SMILES string of the molecule is CC(C)[Si](OC1COC(=O)/C=C\CCOC(=O)/C=C\CCOC1=O)(C(C)C)C(C)C. The van der Waals surface area contributed by atoms with Gasteiger partial charge in [-0.15, -0.1) is 0 Å². The van der Waals surface area contributed by atoms with Gasteiger partial charge in [0, 0.05) is 25.0 Å². The molecular formula is C22H36O7Si. The zero-order valence-electron chi connectivity index (χ0n) is 19.0. The fourth-order valence-electron chi connectivity index (χ4n) is 3.97. The van der Waals surface area contributed by atoms with Crippen molar-refractivity contribution in [2.75, 3.05) is 19.8 Å². The van der Waals surface area contributed by atoms with Gasteiger partial charge in [-0.25, -0.2) is 14.4 Å². The van der Waals surface area contributed by atoms with Crippen LogP contribution in [0.4, 0.5) is 0 Å². The first-order chi connectivity index (χ1) is 14.1. The molecule has 0 saturated carbocycles. The smallest absolute Gasteiger partial charge is 0.337 e. The van der Waals surface area contributed by atoms with Crippen molar-refractivity contribution in [3.63, 3.8) is 0 Å². The lowest BCUT2D eigenvalue weighted by atomic mass is 10.3. The van der Waals surface area contributed by atoms with Crippen LogP contribution >= 0.6 is 0 Å². The van der Waals surface area contributed by atoms with Gasteiger partial charge in [-0.05, 0) is 16.6 Å². The van der Waals surface area contributed by atoms with Crippen LogP contribution in [-0.2, 0) is 33.0 Å². The van der Waals surface area contributed by atoms with Crippen LogP contribution in [0.25, 0.3) is 0 Å². The van der Waals surface area contributed by atoms with Crippen molar-refractivity contribution in [1.29, 1.82) is 0 Å². The quantitative estimate of drug-likeness (QED) is 0.361. The maximum Gasteiger partial charge on any atom is 0.337 e. The third-order valence-corrected chi connectivity index (χ3v) is 11.4. The Morgan fingerprint density at radius 2 is 1.27 bits per heavy atom. The van der Waals surface area contributed by atoms with Crippen LogP contribution in [0.3, 0.4) is 0 Å². The molecule has 1 aliphatic heterocycles. The Morgan fingerprint density at radius 1 is 0.800 bits per heavy atom. The first-order valence-corrected chi connectivity index (χ1v) is 12.8. The van der Waals surface area contributed by atoms with Crippen LogP contribution in [-0.4, -0.2) is 52.1 Å². The molecule has 0 radical (unpaired) electrons. The zero-order chi connectivity index (χ0) is 22.7. The highest BCUT2D eigenvalue weighted by Gasteiger charge is 2.48. The summed E-state index contributed by atoms with van der Waals surface area (Å²) in [5.74, 6) is -1.62. The van der Waals surface area contributed by atoms with Crippen molar-refractivity contribution < 1.29 is 33.0 Å². The van der Waals surface area contributed by atoms with Crippen LogP contribution in [0.5, 0.6) is 0 Å². The highest BCUT2D eigenvalue weighted by molar-refractivity contribution is 6.77. The standard InChI is InChI=1S/C22H36O7Si/c1-16(2)30(17(3)4,18(5)6)29-19-15-28-21(24)12-7-9-13-26-20(23)11-8-10-14-27-22(19)25/h7-8,11-12,16-19H,9-10,13-15H2,1-6H3/b11-8-,12-7-. The van der Waals surface area contributed by atoms with Crippen molar-refractivity contribution >= 4 is 26.2 Å². The average molecular weight is 441 g/mol. The summed E-state index contributed by atoms with van der Waals surface area (Å²) >= 11 is 0. The lowest BCUT2D eigenvalue weighted by Crippen LogP contribution is -2.53. The van der Waals surface area contributed by atoms with E-state index in [0.29, 0.717) is 12.8 Å². The maximum atomic E-state index is 12.8. The molecule has 0 amide bonds. The van der Waals surface area contributed by atoms with E-state index >= 15 is 0 Å². The van der Waals surface area contributed by atoms with Crippen molar-refractivity contribution in [2.24, 2.45) is 0 Å². The molecule has 0 aromatic rings. The minimum absolute atomic E-state index is 0.0932. The maximum absolute atomic E-state index is 12.8. The van der Waals surface area contributed by atoms with Gasteiger partial charge in [-0.1, -0.05) is 53.7 Å². The summed E-state index contributed by atoms with van der Waals surface area (Å²) in [5.41, 5.74) is 0.778. The molecule has 1 aliphatic rings. The highest BCUT2D eigenvalue weighted by Crippen LogP contribution is 2.43. The van der Waals surface area contributed by atoms with E-state index in [0.717, 1.165) is 0 Å². The minimum Gasteiger partial charge on any atom is -0.463 e. The van der Waals surface area contributed by atoms with E-state index in [2.05, 4.69) is 41.5 Å². The van der Waals surface area contributed by atoms with Gasteiger partial charge in [-0.3, -0.25) is 0 Å². The van der Waals surface area contributed by atoms with Crippen LogP contribution in [0, 0.1) is 0 Å². The topological polar surface area (TPSA) is 88.1 Å². The lowest BCUT2D eigenvalue weighted by Gasteiger charge is -2.43. The number of hydrogen-bond acceptors (Lipinski definition) is 7. The van der Waals surface area contributed by atoms with Crippen LogP contribution in [0.1, 0.15) is 54.4 Å². The molecule has 0 saturated heterocycles. The molecule has 0 spiro atoms. The van der Waals surface area contributed by atoms with E-state index in [1.807, 2.05) is 0 Å². The molecular weight excluding hydrogens is 404 g/mol. The Balaban J connectivity index is 3.06. The summed E-state index contributed by atoms with van der Waals surface area (Å²) in [7, 11) is -2.40. The largest absolute Gasteiger partial charge is 0.463 e. The van der Waals surface area contributed by atoms with Gasteiger partial charge in [0.05, 0.1) is 13.2 Å². The Hall–Kier alpha value is -1.93. The predicted molar refractivity (Wildman–Crippen MR) is 116 cm³/mol. The second-order valence-corrected chi connectivity index (χ2v) is 13.7. The van der Waals surface area contributed by atoms with Crippen molar-refractivity contribution in [1.82, 2.24) is 0 Å². The van der Waals surface area contributed by atoms with E-state index in [1.165, 1.54) is 12.2 Å². The van der Waals surface area contributed by atoms with E-state index in [4.69, 9.17) is 18.6 Å². The van der Waals surface area contributed by atoms with E-state index in [-0.39, 0.29) is 36.4 Å². The number of hydrogen-bond donors (Lipinski definition) is 0. The van der Waals surface area contributed by atoms with Crippen LogP contribution in [0.15, 0.2) is 24.3 Å². The molecule has 170 valence electrons. The molecule has 0 N–H and O–H groups in total. The number of rotatable bonds is 5. The molecule has 0 bridgehead atoms. The fraction of sp³-hybridized carbons (Fsp3) is 0.682. The molecule has 0 fully saturated rings. The molecule has 1 atom stereocenters. The fourth-order valence-corrected chi connectivity index (χ4v) is 9.44. The van der Waals surface area contributed by atoms with Crippen LogP contribution < -0.4 is 0 Å². The Labute approximate surface area is 180 Å². The summed E-state index contributed by atoms with van der Waals surface area (Å²) < 4.78 is 22.1. The summed E-state index contributed by atoms with van der Waals surface area (Å²) in [6.07, 6.45) is 5.51. The minimum atomic E-state index is -2.40. The third-order valence-electron chi connectivity index (χ3n) is 5.26. The van der Waals surface area contributed by atoms with Gasteiger partial charge in [-0.2, -0.15) is 0 Å². The second kappa shape index (κ2) is 12.7. The molecule has 0 aromatic heterocycles. The molecule has 30 heavy (non-hydrogen) atoms. The molecule has 7 nitrogen and oxygen atoms in total. The summed E-state index contributed by atoms with van der Waals surface area (Å²) in [5, 5.41) is 0. The molecule has 1 unspecified atom stereocenters. The second-order valence-electron chi connectivity index (χ2n) is 8.27. The Kier molecular flexibility index (Phi) is 11.0. The van der Waals surface area contributed by atoms with E-state index in [9.17, 15) is 14.4 Å². The number of esters is 3. The first kappa shape index (κ1) is 26.1. The number of ether oxygens (including phenoxy) is 3. The Bertz CT molecular complexity index is 616. The van der Waals surface area contributed by atoms with E-state index in [1.54, 1.807) is 12.2 Å². The van der Waals surface area contributed by atoms with Crippen LogP contribution in [0.2, 0.25) is 16.6 Å². The summed E-state index contributed by atoms with van der Waals surface area (Å²) in [6.45, 7) is 12.8. The molecule has 0 aliphatic carbocycles. The molecule has 1 rings (SSSR count). The van der Waals surface area contributed by atoms with Gasteiger partial charge in [0.15, 0.2) is 6.10 Å². The molecule has 8 heteroatoms. The van der Waals surface area contributed by atoms with Gasteiger partial charge in [0.2, 0.25) is 8.32 Å². The molecule has 0 aromatic carbocycles. The number of cyclic esters (lactones) is 3. The zero-order valence-corrected chi connectivity index (χ0v) is 20.0. The van der Waals surface area contributed by atoms with Crippen molar-refractivity contribution in [2.45, 2.75) is 77.1 Å².